The number of methoxy groups -OCH3 is 1. The number of aromatic amines is 2. The van der Waals surface area contributed by atoms with Crippen LogP contribution in [-0.4, -0.2) is 79.8 Å². The number of imidazole rings is 2. The lowest BCUT2D eigenvalue weighted by Gasteiger charge is -2.30. The number of hydrogen-bond donors (Lipinski definition) is 4. The molecule has 4 N–H and O–H groups in total. The van der Waals surface area contributed by atoms with E-state index in [9.17, 15) is 19.2 Å². The van der Waals surface area contributed by atoms with Crippen molar-refractivity contribution in [2.45, 2.75) is 121 Å². The van der Waals surface area contributed by atoms with Crippen LogP contribution in [0.2, 0.25) is 0 Å². The predicted molar refractivity (Wildman–Crippen MR) is 258 cm³/mol. The minimum atomic E-state index is -0.754. The zero-order valence-corrected chi connectivity index (χ0v) is 39.1. The molecule has 5 aliphatic rings. The van der Waals surface area contributed by atoms with E-state index in [2.05, 4.69) is 81.3 Å². The molecule has 1 unspecified atom stereocenters. The number of likely N-dealkylation sites (tertiary alicyclic amines) is 2. The highest BCUT2D eigenvalue weighted by molar-refractivity contribution is 6.07. The number of ether oxygens (including phenoxy) is 2. The van der Waals surface area contributed by atoms with Crippen LogP contribution >= 0.6 is 0 Å². The third-order valence-electron chi connectivity index (χ3n) is 15.2. The first-order valence-corrected chi connectivity index (χ1v) is 24.7. The fraction of sp³-hybridized carbons (Fsp3) is 0.444. The topological polar surface area (TPSA) is 175 Å². The van der Waals surface area contributed by atoms with Gasteiger partial charge in [-0.15, -0.1) is 0 Å². The van der Waals surface area contributed by atoms with Crippen LogP contribution in [0.25, 0.3) is 44.2 Å². The number of aromatic nitrogens is 4. The van der Waals surface area contributed by atoms with Crippen molar-refractivity contribution in [1.82, 2.24) is 40.4 Å². The fourth-order valence-electron chi connectivity index (χ4n) is 11.3. The van der Waals surface area contributed by atoms with Crippen molar-refractivity contribution >= 4 is 45.6 Å². The molecule has 0 spiro atoms. The largest absolute Gasteiger partial charge is 0.488 e. The van der Waals surface area contributed by atoms with Crippen molar-refractivity contribution in [2.24, 2.45) is 11.8 Å². The van der Waals surface area contributed by atoms with Gasteiger partial charge in [-0.3, -0.25) is 14.4 Å². The van der Waals surface area contributed by atoms with Gasteiger partial charge in [0.25, 0.3) is 0 Å². The standard InChI is InChI=1S/C54H60N8O6/c1-30(2)46(60-54(66)67-3)52(64)61-23-7-11-43(61)49-55-28-42(57-49)36-19-21-38-37(25-36)29-68-45-27-39-35(26-40(38)45)20-22-41-48(39)58-50(56-41)44-12-8-24-62(44)53(65)47(59-51(63)34-17-18-34)33-15-13-32(14-16-33)31-9-5-4-6-10-31/h13-16,19-22,25-28,30-31,34,43-44,46-47H,4-12,17-18,23-24,29H2,1-3H3,(H,55,57)(H,56,58)(H,59,63)(H,60,66)/t43-,44?,46+,47+/m0/s1. The molecule has 2 aromatic heterocycles. The number of nitrogens with zero attached hydrogens (tertiary/aromatic N) is 4. The highest BCUT2D eigenvalue weighted by atomic mass is 16.5. The van der Waals surface area contributed by atoms with Gasteiger partial charge >= 0.3 is 6.09 Å². The van der Waals surface area contributed by atoms with Crippen LogP contribution in [0, 0.1) is 11.8 Å². The smallest absolute Gasteiger partial charge is 0.407 e. The van der Waals surface area contributed by atoms with E-state index in [1.54, 1.807) is 0 Å². The summed E-state index contributed by atoms with van der Waals surface area (Å²) in [6.07, 6.45) is 12.4. The van der Waals surface area contributed by atoms with E-state index in [4.69, 9.17) is 19.4 Å². The molecule has 4 atom stereocenters. The number of alkyl carbamates (subject to hydrolysis) is 1. The highest BCUT2D eigenvalue weighted by Crippen LogP contribution is 2.44. The van der Waals surface area contributed by atoms with Gasteiger partial charge in [0, 0.05) is 30.0 Å². The molecule has 2 saturated carbocycles. The predicted octanol–water partition coefficient (Wildman–Crippen LogP) is 9.69. The van der Waals surface area contributed by atoms with Gasteiger partial charge in [0.15, 0.2) is 0 Å². The Kier molecular flexibility index (Phi) is 11.7. The summed E-state index contributed by atoms with van der Waals surface area (Å²) >= 11 is 0. The maximum atomic E-state index is 14.7. The normalized spacial score (nSPS) is 20.2. The van der Waals surface area contributed by atoms with E-state index < -0.39 is 18.2 Å². The summed E-state index contributed by atoms with van der Waals surface area (Å²) < 4.78 is 11.3. The Balaban J connectivity index is 0.828. The third-order valence-corrected chi connectivity index (χ3v) is 15.2. The van der Waals surface area contributed by atoms with Gasteiger partial charge < -0.3 is 39.9 Å². The first-order chi connectivity index (χ1) is 33.1. The Labute approximate surface area is 396 Å². The van der Waals surface area contributed by atoms with E-state index in [0.29, 0.717) is 25.6 Å². The second-order valence-corrected chi connectivity index (χ2v) is 19.9. The van der Waals surface area contributed by atoms with E-state index in [-0.39, 0.29) is 41.6 Å². The Morgan fingerprint density at radius 2 is 1.51 bits per heavy atom. The van der Waals surface area contributed by atoms with Crippen molar-refractivity contribution in [3.8, 4) is 28.1 Å². The molecule has 6 aromatic rings. The van der Waals surface area contributed by atoms with E-state index >= 15 is 0 Å². The average molecular weight is 917 g/mol. The highest BCUT2D eigenvalue weighted by Gasteiger charge is 2.40. The molecule has 4 aromatic carbocycles. The summed E-state index contributed by atoms with van der Waals surface area (Å²) in [7, 11) is 1.30. The van der Waals surface area contributed by atoms with Crippen LogP contribution in [0.3, 0.4) is 0 Å². The lowest BCUT2D eigenvalue weighted by Crippen LogP contribution is -2.51. The number of nitrogens with one attached hydrogen (secondary N) is 4. The van der Waals surface area contributed by atoms with Crippen molar-refractivity contribution in [1.29, 1.82) is 0 Å². The van der Waals surface area contributed by atoms with E-state index in [1.807, 2.05) is 35.9 Å². The zero-order chi connectivity index (χ0) is 46.6. The molecule has 2 saturated heterocycles. The van der Waals surface area contributed by atoms with E-state index in [1.165, 1.54) is 44.8 Å². The van der Waals surface area contributed by atoms with Crippen molar-refractivity contribution in [3.05, 3.63) is 101 Å². The Bertz CT molecular complexity index is 2910. The van der Waals surface area contributed by atoms with Crippen LogP contribution in [0.4, 0.5) is 4.79 Å². The van der Waals surface area contributed by atoms with Crippen molar-refractivity contribution in [3.63, 3.8) is 0 Å². The van der Waals surface area contributed by atoms with Crippen LogP contribution in [0.15, 0.2) is 72.9 Å². The maximum absolute atomic E-state index is 14.7. The van der Waals surface area contributed by atoms with Crippen molar-refractivity contribution < 1.29 is 28.7 Å². The average Bonchev–Trinajstić information content (AvgIpc) is 3.77. The van der Waals surface area contributed by atoms with Crippen LogP contribution in [0.1, 0.15) is 137 Å². The summed E-state index contributed by atoms with van der Waals surface area (Å²) in [6, 6.07) is 21.3. The van der Waals surface area contributed by atoms with Gasteiger partial charge in [0.05, 0.1) is 42.1 Å². The van der Waals surface area contributed by atoms with Crippen LogP contribution < -0.4 is 15.4 Å². The van der Waals surface area contributed by atoms with Gasteiger partial charge in [-0.25, -0.2) is 14.8 Å². The molecule has 68 heavy (non-hydrogen) atoms. The zero-order valence-electron chi connectivity index (χ0n) is 39.1. The van der Waals surface area contributed by atoms with Gasteiger partial charge in [-0.05, 0) is 121 Å². The molecule has 0 bridgehead atoms. The van der Waals surface area contributed by atoms with E-state index in [0.717, 1.165) is 111 Å². The van der Waals surface area contributed by atoms with Gasteiger partial charge in [0.1, 0.15) is 36.1 Å². The SMILES string of the molecule is COC(=O)N[C@@H](C(=O)N1CCC[C@H]1c1ncc(-c2ccc3c(c2)COc2cc4c(ccc5nc(C6CCCN6C(=O)[C@H](NC(=O)C6CC6)c6ccc(C7CCCCC7)cc6)[nH]c54)cc2-3)[nH]1)C(C)C. The quantitative estimate of drug-likeness (QED) is 0.0994. The third kappa shape index (κ3) is 8.25. The van der Waals surface area contributed by atoms with Gasteiger partial charge in [-0.1, -0.05) is 75.6 Å². The number of carbonyl (C=O) groups is 4. The number of hydrogen-bond acceptors (Lipinski definition) is 8. The summed E-state index contributed by atoms with van der Waals surface area (Å²) in [4.78, 5) is 74.5. The summed E-state index contributed by atoms with van der Waals surface area (Å²) in [5.41, 5.74) is 8.86. The lowest BCUT2D eigenvalue weighted by molar-refractivity contribution is -0.138. The van der Waals surface area contributed by atoms with Gasteiger partial charge in [-0.2, -0.15) is 0 Å². The first kappa shape index (κ1) is 43.8. The number of carbonyl (C=O) groups excluding carboxylic acids is 4. The molecule has 2 aliphatic carbocycles. The molecule has 4 amide bonds. The fourth-order valence-corrected chi connectivity index (χ4v) is 11.3. The summed E-state index contributed by atoms with van der Waals surface area (Å²) in [6.45, 7) is 5.39. The van der Waals surface area contributed by atoms with Crippen LogP contribution in [0.5, 0.6) is 5.75 Å². The number of rotatable bonds is 11. The molecule has 11 rings (SSSR count). The molecule has 3 aliphatic heterocycles. The summed E-state index contributed by atoms with van der Waals surface area (Å²) in [5.74, 6) is 2.41. The lowest BCUT2D eigenvalue weighted by atomic mass is 9.83. The van der Waals surface area contributed by atoms with Gasteiger partial charge in [0.2, 0.25) is 17.7 Å². The van der Waals surface area contributed by atoms with Crippen molar-refractivity contribution in [2.75, 3.05) is 20.2 Å². The van der Waals surface area contributed by atoms with Crippen LogP contribution in [-0.2, 0) is 25.7 Å². The molecule has 5 heterocycles. The molecule has 14 heteroatoms. The monoisotopic (exact) mass is 916 g/mol. The Hall–Kier alpha value is -6.70. The minimum absolute atomic E-state index is 0.0143. The molecule has 352 valence electrons. The Morgan fingerprint density at radius 3 is 2.25 bits per heavy atom. The first-order valence-electron chi connectivity index (χ1n) is 24.7. The second-order valence-electron chi connectivity index (χ2n) is 19.9. The maximum Gasteiger partial charge on any atom is 0.407 e. The molecular weight excluding hydrogens is 857 g/mol. The molecule has 14 nitrogen and oxygen atoms in total. The molecule has 0 radical (unpaired) electrons. The number of H-pyrrole nitrogens is 2. The number of benzene rings is 4. The minimum Gasteiger partial charge on any atom is -0.488 e. The molecule has 4 fully saturated rings. The summed E-state index contributed by atoms with van der Waals surface area (Å²) in [5, 5.41) is 7.92. The molecular formula is C54H60N8O6. The number of amides is 4. The second kappa shape index (κ2) is 18.1. The Morgan fingerprint density at radius 1 is 0.765 bits per heavy atom. The number of fused-ring (bicyclic) bond motifs is 6.